The van der Waals surface area contributed by atoms with E-state index in [0.29, 0.717) is 18.7 Å². The maximum atomic E-state index is 13.9. The average molecular weight is 403 g/mol. The summed E-state index contributed by atoms with van der Waals surface area (Å²) in [6, 6.07) is 3.41. The summed E-state index contributed by atoms with van der Waals surface area (Å²) < 4.78 is 27.3. The maximum absolute atomic E-state index is 13.9. The van der Waals surface area contributed by atoms with Crippen LogP contribution in [0.5, 0.6) is 0 Å². The zero-order valence-corrected chi connectivity index (χ0v) is 16.5. The van der Waals surface area contributed by atoms with E-state index in [4.69, 9.17) is 0 Å². The van der Waals surface area contributed by atoms with Gasteiger partial charge >= 0.3 is 0 Å². The first kappa shape index (κ1) is 20.6. The molecule has 1 aliphatic heterocycles. The largest absolute Gasteiger partial charge is 0.348 e. The van der Waals surface area contributed by atoms with E-state index in [-0.39, 0.29) is 29.4 Å². The van der Waals surface area contributed by atoms with Crippen LogP contribution in [0.4, 0.5) is 14.7 Å². The van der Waals surface area contributed by atoms with Gasteiger partial charge in [0, 0.05) is 45.0 Å². The Morgan fingerprint density at radius 2 is 1.97 bits per heavy atom. The zero-order chi connectivity index (χ0) is 21.1. The molecule has 0 saturated carbocycles. The highest BCUT2D eigenvalue weighted by Gasteiger charge is 2.30. The average Bonchev–Trinajstić information content (AvgIpc) is 3.19. The molecule has 1 aliphatic rings. The summed E-state index contributed by atoms with van der Waals surface area (Å²) in [7, 11) is 1.73. The first-order chi connectivity index (χ1) is 13.8. The third-order valence-corrected chi connectivity index (χ3v) is 5.19. The normalized spacial score (nSPS) is 17.1. The summed E-state index contributed by atoms with van der Waals surface area (Å²) in [4.78, 5) is 35.7. The quantitative estimate of drug-likeness (QED) is 0.830. The fourth-order valence-corrected chi connectivity index (χ4v) is 3.32. The predicted molar refractivity (Wildman–Crippen MR) is 103 cm³/mol. The Labute approximate surface area is 167 Å². The van der Waals surface area contributed by atoms with Crippen molar-refractivity contribution in [2.24, 2.45) is 0 Å². The molecule has 2 atom stereocenters. The van der Waals surface area contributed by atoms with Crippen LogP contribution in [-0.4, -0.2) is 57.8 Å². The minimum absolute atomic E-state index is 0.000298. The monoisotopic (exact) mass is 403 g/mol. The number of rotatable bonds is 5. The Morgan fingerprint density at radius 1 is 1.28 bits per heavy atom. The third kappa shape index (κ3) is 4.49. The van der Waals surface area contributed by atoms with E-state index in [1.165, 1.54) is 31.5 Å². The lowest BCUT2D eigenvalue weighted by Crippen LogP contribution is -2.39. The number of carbonyl (C=O) groups is 2. The fourth-order valence-electron chi connectivity index (χ4n) is 3.32. The van der Waals surface area contributed by atoms with Gasteiger partial charge in [0.1, 0.15) is 0 Å². The summed E-state index contributed by atoms with van der Waals surface area (Å²) >= 11 is 0. The SMILES string of the molecule is CC(=O)N(C)C1CCN(C(=O)c2cnc(NC(C)c3cccc(F)c3F)nc2)C1. The molecule has 154 valence electrons. The van der Waals surface area contributed by atoms with Gasteiger partial charge < -0.3 is 15.1 Å². The van der Waals surface area contributed by atoms with E-state index in [0.717, 1.165) is 12.5 Å². The van der Waals surface area contributed by atoms with E-state index < -0.39 is 17.7 Å². The van der Waals surface area contributed by atoms with Gasteiger partial charge in [-0.3, -0.25) is 9.59 Å². The summed E-state index contributed by atoms with van der Waals surface area (Å²) in [5.41, 5.74) is 0.484. The van der Waals surface area contributed by atoms with Crippen molar-refractivity contribution < 1.29 is 18.4 Å². The predicted octanol–water partition coefficient (Wildman–Crippen LogP) is 2.62. The van der Waals surface area contributed by atoms with Gasteiger partial charge in [-0.2, -0.15) is 0 Å². The van der Waals surface area contributed by atoms with Crippen LogP contribution in [0.25, 0.3) is 0 Å². The Hall–Kier alpha value is -3.10. The Kier molecular flexibility index (Phi) is 6.05. The van der Waals surface area contributed by atoms with E-state index in [1.54, 1.807) is 23.8 Å². The number of halogens is 2. The lowest BCUT2D eigenvalue weighted by molar-refractivity contribution is -0.129. The number of likely N-dealkylation sites (tertiary alicyclic amines) is 1. The van der Waals surface area contributed by atoms with Crippen molar-refractivity contribution in [2.45, 2.75) is 32.4 Å². The highest BCUT2D eigenvalue weighted by molar-refractivity contribution is 5.94. The number of carbonyl (C=O) groups excluding carboxylic acids is 2. The minimum Gasteiger partial charge on any atom is -0.348 e. The molecule has 1 aromatic carbocycles. The Balaban J connectivity index is 1.63. The highest BCUT2D eigenvalue weighted by Crippen LogP contribution is 2.22. The highest BCUT2D eigenvalue weighted by atomic mass is 19.2. The van der Waals surface area contributed by atoms with Crippen molar-refractivity contribution >= 4 is 17.8 Å². The van der Waals surface area contributed by atoms with Crippen LogP contribution >= 0.6 is 0 Å². The van der Waals surface area contributed by atoms with Crippen LogP contribution in [0.3, 0.4) is 0 Å². The van der Waals surface area contributed by atoms with E-state index in [1.807, 2.05) is 0 Å². The molecule has 3 rings (SSSR count). The topological polar surface area (TPSA) is 78.4 Å². The molecule has 0 radical (unpaired) electrons. The smallest absolute Gasteiger partial charge is 0.257 e. The molecule has 0 aliphatic carbocycles. The molecular weight excluding hydrogens is 380 g/mol. The number of amides is 2. The Morgan fingerprint density at radius 3 is 2.62 bits per heavy atom. The Bertz CT molecular complexity index is 906. The second-order valence-corrected chi connectivity index (χ2v) is 7.13. The van der Waals surface area contributed by atoms with Crippen LogP contribution in [0.2, 0.25) is 0 Å². The third-order valence-electron chi connectivity index (χ3n) is 5.19. The van der Waals surface area contributed by atoms with Crippen molar-refractivity contribution in [3.63, 3.8) is 0 Å². The molecule has 1 N–H and O–H groups in total. The second kappa shape index (κ2) is 8.50. The fraction of sp³-hybridized carbons (Fsp3) is 0.400. The molecule has 2 aromatic rings. The van der Waals surface area contributed by atoms with E-state index in [2.05, 4.69) is 15.3 Å². The first-order valence-electron chi connectivity index (χ1n) is 9.33. The van der Waals surface area contributed by atoms with Gasteiger partial charge in [-0.25, -0.2) is 18.7 Å². The lowest BCUT2D eigenvalue weighted by atomic mass is 10.1. The van der Waals surface area contributed by atoms with Gasteiger partial charge in [-0.15, -0.1) is 0 Å². The van der Waals surface area contributed by atoms with Crippen molar-refractivity contribution in [1.29, 1.82) is 0 Å². The van der Waals surface area contributed by atoms with Crippen LogP contribution in [0.15, 0.2) is 30.6 Å². The first-order valence-corrected chi connectivity index (χ1v) is 9.33. The van der Waals surface area contributed by atoms with Gasteiger partial charge in [0.2, 0.25) is 11.9 Å². The molecule has 1 aromatic heterocycles. The molecule has 1 fully saturated rings. The van der Waals surface area contributed by atoms with E-state index in [9.17, 15) is 18.4 Å². The van der Waals surface area contributed by atoms with Crippen molar-refractivity contribution in [2.75, 3.05) is 25.5 Å². The van der Waals surface area contributed by atoms with Crippen molar-refractivity contribution in [1.82, 2.24) is 19.8 Å². The number of aromatic nitrogens is 2. The number of nitrogens with zero attached hydrogens (tertiary/aromatic N) is 4. The number of benzene rings is 1. The van der Waals surface area contributed by atoms with Crippen LogP contribution < -0.4 is 5.32 Å². The number of likely N-dealkylation sites (N-methyl/N-ethyl adjacent to an activating group) is 1. The van der Waals surface area contributed by atoms with E-state index >= 15 is 0 Å². The summed E-state index contributed by atoms with van der Waals surface area (Å²) in [5.74, 6) is -1.88. The molecule has 1 saturated heterocycles. The van der Waals surface area contributed by atoms with Gasteiger partial charge in [0.25, 0.3) is 5.91 Å². The molecule has 2 amide bonds. The zero-order valence-electron chi connectivity index (χ0n) is 16.5. The summed E-state index contributed by atoms with van der Waals surface area (Å²) in [6.45, 7) is 4.18. The summed E-state index contributed by atoms with van der Waals surface area (Å²) in [5, 5.41) is 2.90. The standard InChI is InChI=1S/C20H23F2N5O2/c1-12(16-5-4-6-17(21)18(16)22)25-20-23-9-14(10-24-20)19(29)27-8-7-15(11-27)26(3)13(2)28/h4-6,9-10,12,15H,7-8,11H2,1-3H3,(H,23,24,25). The second-order valence-electron chi connectivity index (χ2n) is 7.13. The van der Waals surface area contributed by atoms with Gasteiger partial charge in [0.05, 0.1) is 17.6 Å². The molecule has 2 unspecified atom stereocenters. The minimum atomic E-state index is -0.919. The lowest BCUT2D eigenvalue weighted by Gasteiger charge is -2.23. The van der Waals surface area contributed by atoms with Gasteiger partial charge in [-0.05, 0) is 19.4 Å². The number of hydrogen-bond donors (Lipinski definition) is 1. The van der Waals surface area contributed by atoms with Crippen LogP contribution in [0.1, 0.15) is 42.2 Å². The molecule has 9 heteroatoms. The molecule has 0 spiro atoms. The molecular formula is C20H23F2N5O2. The van der Waals surface area contributed by atoms with Crippen molar-refractivity contribution in [3.05, 3.63) is 53.4 Å². The molecule has 29 heavy (non-hydrogen) atoms. The molecule has 7 nitrogen and oxygen atoms in total. The van der Waals surface area contributed by atoms with Gasteiger partial charge in [-0.1, -0.05) is 12.1 Å². The number of nitrogens with one attached hydrogen (secondary N) is 1. The van der Waals surface area contributed by atoms with Gasteiger partial charge in [0.15, 0.2) is 11.6 Å². The van der Waals surface area contributed by atoms with Crippen LogP contribution in [-0.2, 0) is 4.79 Å². The molecule has 2 heterocycles. The van der Waals surface area contributed by atoms with Crippen molar-refractivity contribution in [3.8, 4) is 0 Å². The molecule has 0 bridgehead atoms. The maximum Gasteiger partial charge on any atom is 0.257 e. The summed E-state index contributed by atoms with van der Waals surface area (Å²) in [6.07, 6.45) is 3.52. The number of anilines is 1. The van der Waals surface area contributed by atoms with Crippen LogP contribution in [0, 0.1) is 11.6 Å². The number of hydrogen-bond acceptors (Lipinski definition) is 5.